The van der Waals surface area contributed by atoms with Crippen molar-refractivity contribution in [2.45, 2.75) is 103 Å². The van der Waals surface area contributed by atoms with Gasteiger partial charge in [0.05, 0.1) is 17.8 Å². The first-order valence-corrected chi connectivity index (χ1v) is 15.9. The fraction of sp³-hybridized carbons (Fsp3) is 0.839. The van der Waals surface area contributed by atoms with Gasteiger partial charge in [0.2, 0.25) is 0 Å². The van der Waals surface area contributed by atoms with Crippen molar-refractivity contribution < 1.29 is 61.2 Å². The van der Waals surface area contributed by atoms with Gasteiger partial charge in [-0.05, 0) is 56.8 Å². The summed E-state index contributed by atoms with van der Waals surface area (Å²) in [6, 6.07) is 0. The highest BCUT2D eigenvalue weighted by Gasteiger charge is 2.70. The van der Waals surface area contributed by atoms with Crippen LogP contribution in [0.2, 0.25) is 0 Å². The lowest BCUT2D eigenvalue weighted by molar-refractivity contribution is -0.223. The highest BCUT2D eigenvalue weighted by molar-refractivity contribution is 5.86. The van der Waals surface area contributed by atoms with Crippen LogP contribution in [0.4, 0.5) is 18.0 Å². The SMILES string of the molecule is CC(C)C(OC(=O)C1C2CC3C(OC(=O)C31)C2OC(=O)C1CCN(C(=O)OC2(C(C)C)CCCC2)CC1)C(C(=O)O)C(F)(F)F. The van der Waals surface area contributed by atoms with Crippen LogP contribution in [0.3, 0.4) is 0 Å². The summed E-state index contributed by atoms with van der Waals surface area (Å²) in [7, 11) is 0. The molecule has 5 rings (SSSR count). The van der Waals surface area contributed by atoms with E-state index in [1.54, 1.807) is 4.90 Å². The Morgan fingerprint density at radius 2 is 1.62 bits per heavy atom. The van der Waals surface area contributed by atoms with Crippen LogP contribution in [0, 0.1) is 47.3 Å². The number of carboxylic acid groups (broad SMARTS) is 1. The number of carboxylic acids is 1. The molecule has 8 unspecified atom stereocenters. The van der Waals surface area contributed by atoms with Gasteiger partial charge in [0.1, 0.15) is 23.9 Å². The molecule has 3 aliphatic carbocycles. The molecule has 0 aromatic heterocycles. The molecule has 2 saturated heterocycles. The molecule has 3 saturated carbocycles. The predicted molar refractivity (Wildman–Crippen MR) is 147 cm³/mol. The molecular formula is C31H42F3NO10. The maximum atomic E-state index is 13.6. The van der Waals surface area contributed by atoms with Gasteiger partial charge in [-0.15, -0.1) is 0 Å². The Hall–Kier alpha value is -3.06. The minimum Gasteiger partial charge on any atom is -0.481 e. The summed E-state index contributed by atoms with van der Waals surface area (Å²) in [6.45, 7) is 7.30. The lowest BCUT2D eigenvalue weighted by Crippen LogP contribution is -2.49. The zero-order valence-corrected chi connectivity index (χ0v) is 25.9. The van der Waals surface area contributed by atoms with Crippen LogP contribution in [0.1, 0.15) is 72.6 Å². The zero-order chi connectivity index (χ0) is 33.0. The first-order valence-electron chi connectivity index (χ1n) is 15.9. The lowest BCUT2D eigenvalue weighted by atomic mass is 9.78. The first kappa shape index (κ1) is 33.3. The number of nitrogens with zero attached hydrogens (tertiary/aromatic N) is 1. The molecule has 8 atom stereocenters. The number of fused-ring (bicyclic) bond motifs is 1. The molecule has 45 heavy (non-hydrogen) atoms. The smallest absolute Gasteiger partial charge is 0.410 e. The highest BCUT2D eigenvalue weighted by atomic mass is 19.4. The third-order valence-corrected chi connectivity index (χ3v) is 10.8. The van der Waals surface area contributed by atoms with Crippen molar-refractivity contribution in [2.24, 2.45) is 47.3 Å². The van der Waals surface area contributed by atoms with Gasteiger partial charge in [-0.3, -0.25) is 19.2 Å². The van der Waals surface area contributed by atoms with E-state index in [0.29, 0.717) is 25.9 Å². The zero-order valence-electron chi connectivity index (χ0n) is 25.9. The Balaban J connectivity index is 1.22. The van der Waals surface area contributed by atoms with Gasteiger partial charge in [-0.25, -0.2) is 4.79 Å². The maximum absolute atomic E-state index is 13.6. The average molecular weight is 646 g/mol. The molecule has 252 valence electrons. The van der Waals surface area contributed by atoms with Gasteiger partial charge in [0, 0.05) is 24.9 Å². The third kappa shape index (κ3) is 6.09. The summed E-state index contributed by atoms with van der Waals surface area (Å²) in [6.07, 6.45) is -4.78. The molecule has 14 heteroatoms. The number of carbonyl (C=O) groups is 5. The van der Waals surface area contributed by atoms with Crippen LogP contribution in [0.25, 0.3) is 0 Å². The van der Waals surface area contributed by atoms with E-state index in [2.05, 4.69) is 0 Å². The Bertz CT molecular complexity index is 1190. The summed E-state index contributed by atoms with van der Waals surface area (Å²) in [5, 5.41) is 9.30. The van der Waals surface area contributed by atoms with E-state index in [-0.39, 0.29) is 12.3 Å². The summed E-state index contributed by atoms with van der Waals surface area (Å²) in [5.74, 6) is -12.3. The van der Waals surface area contributed by atoms with Crippen molar-refractivity contribution in [3.05, 3.63) is 0 Å². The number of amides is 1. The van der Waals surface area contributed by atoms with Gasteiger partial charge in [0.25, 0.3) is 0 Å². The third-order valence-electron chi connectivity index (χ3n) is 10.8. The molecule has 2 bridgehead atoms. The summed E-state index contributed by atoms with van der Waals surface area (Å²) in [4.78, 5) is 65.5. The molecule has 0 radical (unpaired) electrons. The van der Waals surface area contributed by atoms with Gasteiger partial charge in [0.15, 0.2) is 5.92 Å². The Labute approximate surface area is 259 Å². The second kappa shape index (κ2) is 12.3. The van der Waals surface area contributed by atoms with Gasteiger partial charge < -0.3 is 29.0 Å². The van der Waals surface area contributed by atoms with Crippen LogP contribution in [0.5, 0.6) is 0 Å². The summed E-state index contributed by atoms with van der Waals surface area (Å²) < 4.78 is 63.4. The van der Waals surface area contributed by atoms with Crippen molar-refractivity contribution in [1.82, 2.24) is 4.90 Å². The number of aliphatic carboxylic acids is 1. The summed E-state index contributed by atoms with van der Waals surface area (Å²) in [5.41, 5.74) is -0.473. The number of esters is 3. The van der Waals surface area contributed by atoms with Gasteiger partial charge in [-0.1, -0.05) is 27.7 Å². The molecule has 1 amide bonds. The molecule has 11 nitrogen and oxygen atoms in total. The number of rotatable bonds is 9. The van der Waals surface area contributed by atoms with E-state index >= 15 is 0 Å². The van der Waals surface area contributed by atoms with Crippen LogP contribution in [0.15, 0.2) is 0 Å². The molecule has 0 aromatic carbocycles. The van der Waals surface area contributed by atoms with Crippen molar-refractivity contribution in [3.63, 3.8) is 0 Å². The number of halogens is 3. The van der Waals surface area contributed by atoms with Crippen molar-refractivity contribution in [3.8, 4) is 0 Å². The fourth-order valence-corrected chi connectivity index (χ4v) is 8.27. The minimum absolute atomic E-state index is 0.183. The van der Waals surface area contributed by atoms with Crippen LogP contribution in [-0.4, -0.2) is 83.2 Å². The average Bonchev–Trinajstić information content (AvgIpc) is 3.70. The van der Waals surface area contributed by atoms with E-state index in [0.717, 1.165) is 25.7 Å². The van der Waals surface area contributed by atoms with E-state index < -0.39 is 101 Å². The number of alkyl halides is 3. The van der Waals surface area contributed by atoms with Crippen molar-refractivity contribution in [1.29, 1.82) is 0 Å². The van der Waals surface area contributed by atoms with Gasteiger partial charge in [-0.2, -0.15) is 13.2 Å². The molecule has 5 aliphatic rings. The monoisotopic (exact) mass is 645 g/mol. The largest absolute Gasteiger partial charge is 0.481 e. The Morgan fingerprint density at radius 1 is 1.00 bits per heavy atom. The first-order chi connectivity index (χ1) is 21.1. The van der Waals surface area contributed by atoms with E-state index in [1.165, 1.54) is 13.8 Å². The summed E-state index contributed by atoms with van der Waals surface area (Å²) >= 11 is 0. The Kier molecular flexibility index (Phi) is 9.09. The molecule has 0 spiro atoms. The number of ether oxygens (including phenoxy) is 4. The van der Waals surface area contributed by atoms with Crippen LogP contribution in [-0.2, 0) is 38.1 Å². The normalized spacial score (nSPS) is 32.0. The minimum atomic E-state index is -5.18. The topological polar surface area (TPSA) is 146 Å². The van der Waals surface area contributed by atoms with E-state index in [9.17, 15) is 42.3 Å². The van der Waals surface area contributed by atoms with Gasteiger partial charge >= 0.3 is 36.1 Å². The van der Waals surface area contributed by atoms with Crippen molar-refractivity contribution in [2.75, 3.05) is 13.1 Å². The number of carbonyl (C=O) groups excluding carboxylic acids is 4. The molecule has 2 aliphatic heterocycles. The second-order valence-electron chi connectivity index (χ2n) is 14.0. The highest BCUT2D eigenvalue weighted by Crippen LogP contribution is 2.59. The lowest BCUT2D eigenvalue weighted by Gasteiger charge is -2.38. The number of likely N-dealkylation sites (tertiary alicyclic amines) is 1. The predicted octanol–water partition coefficient (Wildman–Crippen LogP) is 4.35. The molecule has 5 fully saturated rings. The number of piperidine rings is 1. The van der Waals surface area contributed by atoms with Crippen LogP contribution >= 0.6 is 0 Å². The quantitative estimate of drug-likeness (QED) is 0.284. The fourth-order valence-electron chi connectivity index (χ4n) is 8.27. The van der Waals surface area contributed by atoms with E-state index in [1.807, 2.05) is 13.8 Å². The van der Waals surface area contributed by atoms with E-state index in [4.69, 9.17) is 18.9 Å². The molecule has 0 aromatic rings. The maximum Gasteiger partial charge on any atom is 0.410 e. The van der Waals surface area contributed by atoms with Crippen LogP contribution < -0.4 is 0 Å². The molecular weight excluding hydrogens is 603 g/mol. The Morgan fingerprint density at radius 3 is 2.16 bits per heavy atom. The standard InChI is InChI=1S/C31H42F3NO10/c1-14(2)22(21(25(36)37)31(32,33)34)42-27(39)19-17-13-18-20(19)28(40)44-24(18)23(17)43-26(38)16-7-11-35(12-8-16)29(41)45-30(15(3)4)9-5-6-10-30/h14-24H,5-13H2,1-4H3,(H,36,37). The second-order valence-corrected chi connectivity index (χ2v) is 14.0. The number of hydrogen-bond donors (Lipinski definition) is 1. The molecule has 2 heterocycles. The number of hydrogen-bond acceptors (Lipinski definition) is 9. The molecule has 1 N–H and O–H groups in total. The van der Waals surface area contributed by atoms with Crippen molar-refractivity contribution >= 4 is 30.0 Å².